The van der Waals surface area contributed by atoms with Crippen LogP contribution in [0.25, 0.3) is 93.6 Å². The minimum Gasteiger partial charge on any atom is -0.309 e. The topological polar surface area (TPSA) is 62.4 Å². The molecule has 254 valence electrons. The molecule has 0 saturated heterocycles. The molecular formula is C50H29N5. The van der Waals surface area contributed by atoms with Gasteiger partial charge in [-0.2, -0.15) is 10.5 Å². The highest BCUT2D eigenvalue weighted by Gasteiger charge is 2.19. The number of fused-ring (bicyclic) bond motifs is 9. The Morgan fingerprint density at radius 3 is 1.42 bits per heavy atom. The Labute approximate surface area is 316 Å². The summed E-state index contributed by atoms with van der Waals surface area (Å²) >= 11 is 0. The standard InChI is InChI=1S/C50H29N5/c51-30-32-20-23-42-41-15-4-8-19-48(41)55(49(42)26-32)44-25-21-34(27-35(44)31-52)33-10-9-11-36(28-33)54-47-18-7-3-14-40(47)43-24-22-37(29-50(43)54)53-45-16-5-1-12-38(45)39-13-2-6-17-46(39)53/h1-29H. The maximum atomic E-state index is 10.6. The van der Waals surface area contributed by atoms with E-state index in [4.69, 9.17) is 0 Å². The molecule has 0 aliphatic heterocycles. The molecule has 0 radical (unpaired) electrons. The molecule has 0 N–H and O–H groups in total. The van der Waals surface area contributed by atoms with Gasteiger partial charge in [-0.25, -0.2) is 0 Å². The van der Waals surface area contributed by atoms with Crippen molar-refractivity contribution < 1.29 is 0 Å². The van der Waals surface area contributed by atoms with Crippen molar-refractivity contribution in [2.24, 2.45) is 0 Å². The summed E-state index contributed by atoms with van der Waals surface area (Å²) in [5.74, 6) is 0. The van der Waals surface area contributed by atoms with Gasteiger partial charge in [0.2, 0.25) is 0 Å². The van der Waals surface area contributed by atoms with Crippen molar-refractivity contribution in [3.05, 3.63) is 187 Å². The Bertz CT molecular complexity index is 3420. The fraction of sp³-hybridized carbons (Fsp3) is 0. The number of aromatic nitrogens is 3. The molecule has 11 aromatic rings. The lowest BCUT2D eigenvalue weighted by atomic mass is 10.0. The first-order valence-electron chi connectivity index (χ1n) is 18.3. The largest absolute Gasteiger partial charge is 0.309 e. The van der Waals surface area contributed by atoms with Crippen LogP contribution in [0.1, 0.15) is 11.1 Å². The van der Waals surface area contributed by atoms with Crippen LogP contribution >= 0.6 is 0 Å². The maximum Gasteiger partial charge on any atom is 0.101 e. The average Bonchev–Trinajstić information content (AvgIpc) is 3.88. The minimum absolute atomic E-state index is 0.556. The van der Waals surface area contributed by atoms with Crippen molar-refractivity contribution in [1.82, 2.24) is 13.7 Å². The van der Waals surface area contributed by atoms with Crippen molar-refractivity contribution in [3.8, 4) is 40.3 Å². The third-order valence-electron chi connectivity index (χ3n) is 11.1. The van der Waals surface area contributed by atoms with Gasteiger partial charge in [0.15, 0.2) is 0 Å². The molecule has 0 spiro atoms. The van der Waals surface area contributed by atoms with E-state index in [2.05, 4.69) is 159 Å². The summed E-state index contributed by atoms with van der Waals surface area (Å²) in [5.41, 5.74) is 12.5. The molecule has 8 aromatic carbocycles. The molecule has 0 aliphatic rings. The number of hydrogen-bond acceptors (Lipinski definition) is 2. The summed E-state index contributed by atoms with van der Waals surface area (Å²) < 4.78 is 6.83. The summed E-state index contributed by atoms with van der Waals surface area (Å²) in [4.78, 5) is 0. The van der Waals surface area contributed by atoms with Gasteiger partial charge in [0, 0.05) is 43.7 Å². The van der Waals surface area contributed by atoms with Crippen LogP contribution in [0.5, 0.6) is 0 Å². The van der Waals surface area contributed by atoms with Crippen molar-refractivity contribution >= 4 is 65.4 Å². The lowest BCUT2D eigenvalue weighted by Crippen LogP contribution is -1.99. The van der Waals surface area contributed by atoms with Gasteiger partial charge in [-0.1, -0.05) is 103 Å². The Morgan fingerprint density at radius 2 is 0.818 bits per heavy atom. The molecule has 3 aromatic heterocycles. The van der Waals surface area contributed by atoms with E-state index >= 15 is 0 Å². The van der Waals surface area contributed by atoms with Gasteiger partial charge in [-0.05, 0) is 83.9 Å². The van der Waals surface area contributed by atoms with Crippen LogP contribution in [-0.4, -0.2) is 13.7 Å². The highest BCUT2D eigenvalue weighted by atomic mass is 15.0. The summed E-state index contributed by atoms with van der Waals surface area (Å²) in [7, 11) is 0. The monoisotopic (exact) mass is 699 g/mol. The summed E-state index contributed by atoms with van der Waals surface area (Å²) in [6, 6.07) is 66.0. The van der Waals surface area contributed by atoms with Gasteiger partial charge in [0.1, 0.15) is 6.07 Å². The number of para-hydroxylation sites is 4. The summed E-state index contributed by atoms with van der Waals surface area (Å²) in [6.45, 7) is 0. The molecule has 0 amide bonds. The van der Waals surface area contributed by atoms with Gasteiger partial charge in [0.25, 0.3) is 0 Å². The van der Waals surface area contributed by atoms with Crippen LogP contribution in [-0.2, 0) is 0 Å². The average molecular weight is 700 g/mol. The Kier molecular flexibility index (Phi) is 6.61. The van der Waals surface area contributed by atoms with Crippen LogP contribution in [0, 0.1) is 22.7 Å². The molecule has 0 saturated carbocycles. The number of hydrogen-bond donors (Lipinski definition) is 0. The number of rotatable bonds is 4. The molecule has 0 fully saturated rings. The second-order valence-electron chi connectivity index (χ2n) is 14.0. The van der Waals surface area contributed by atoms with Crippen molar-refractivity contribution in [2.75, 3.05) is 0 Å². The molecule has 11 rings (SSSR count). The van der Waals surface area contributed by atoms with Gasteiger partial charge in [-0.3, -0.25) is 0 Å². The van der Waals surface area contributed by atoms with Gasteiger partial charge >= 0.3 is 0 Å². The molecule has 5 heteroatoms. The number of nitrogens with zero attached hydrogens (tertiary/aromatic N) is 5. The van der Waals surface area contributed by atoms with E-state index in [1.54, 1.807) is 0 Å². The normalized spacial score (nSPS) is 11.6. The van der Waals surface area contributed by atoms with Gasteiger partial charge in [-0.15, -0.1) is 0 Å². The smallest absolute Gasteiger partial charge is 0.101 e. The third kappa shape index (κ3) is 4.51. The van der Waals surface area contributed by atoms with Crippen LogP contribution in [0.2, 0.25) is 0 Å². The quantitative estimate of drug-likeness (QED) is 0.184. The molecule has 0 unspecified atom stereocenters. The highest BCUT2D eigenvalue weighted by molar-refractivity contribution is 6.12. The highest BCUT2D eigenvalue weighted by Crippen LogP contribution is 2.39. The number of benzene rings is 8. The van der Waals surface area contributed by atoms with Crippen LogP contribution < -0.4 is 0 Å². The fourth-order valence-corrected chi connectivity index (χ4v) is 8.70. The third-order valence-corrected chi connectivity index (χ3v) is 11.1. The molecule has 55 heavy (non-hydrogen) atoms. The van der Waals surface area contributed by atoms with E-state index in [9.17, 15) is 10.5 Å². The molecule has 0 bridgehead atoms. The molecule has 0 atom stereocenters. The van der Waals surface area contributed by atoms with E-state index in [-0.39, 0.29) is 0 Å². The van der Waals surface area contributed by atoms with Gasteiger partial charge in [0.05, 0.1) is 56.0 Å². The van der Waals surface area contributed by atoms with E-state index in [0.29, 0.717) is 11.1 Å². The van der Waals surface area contributed by atoms with E-state index in [1.165, 1.54) is 32.6 Å². The van der Waals surface area contributed by atoms with Crippen LogP contribution in [0.15, 0.2) is 176 Å². The first-order valence-corrected chi connectivity index (χ1v) is 18.3. The van der Waals surface area contributed by atoms with Crippen molar-refractivity contribution in [3.63, 3.8) is 0 Å². The zero-order valence-electron chi connectivity index (χ0n) is 29.5. The number of nitriles is 2. The Balaban J connectivity index is 1.08. The molecule has 5 nitrogen and oxygen atoms in total. The zero-order valence-corrected chi connectivity index (χ0v) is 29.5. The predicted molar refractivity (Wildman–Crippen MR) is 224 cm³/mol. The summed E-state index contributed by atoms with van der Waals surface area (Å²) in [6.07, 6.45) is 0. The first kappa shape index (κ1) is 30.7. The maximum absolute atomic E-state index is 10.6. The van der Waals surface area contributed by atoms with E-state index in [0.717, 1.165) is 61.0 Å². The summed E-state index contributed by atoms with van der Waals surface area (Å²) in [5, 5.41) is 27.3. The van der Waals surface area contributed by atoms with E-state index in [1.807, 2.05) is 42.5 Å². The molecular weight excluding hydrogens is 671 g/mol. The SMILES string of the molecule is N#Cc1ccc2c3ccccc3n(-c3ccc(-c4cccc(-n5c6ccccc6c6ccc(-n7c8ccccc8c8ccccc87)cc65)c4)cc3C#N)c2c1. The van der Waals surface area contributed by atoms with E-state index < -0.39 is 0 Å². The van der Waals surface area contributed by atoms with Crippen molar-refractivity contribution in [2.45, 2.75) is 0 Å². The molecule has 3 heterocycles. The van der Waals surface area contributed by atoms with Crippen molar-refractivity contribution in [1.29, 1.82) is 10.5 Å². The van der Waals surface area contributed by atoms with Crippen LogP contribution in [0.3, 0.4) is 0 Å². The minimum atomic E-state index is 0.556. The van der Waals surface area contributed by atoms with Crippen LogP contribution in [0.4, 0.5) is 0 Å². The lowest BCUT2D eigenvalue weighted by molar-refractivity contribution is 1.15. The second kappa shape index (κ2) is 11.8. The Morgan fingerprint density at radius 1 is 0.327 bits per heavy atom. The molecule has 0 aliphatic carbocycles. The van der Waals surface area contributed by atoms with Gasteiger partial charge < -0.3 is 13.7 Å². The first-order chi connectivity index (χ1) is 27.2. The fourth-order valence-electron chi connectivity index (χ4n) is 8.70. The lowest BCUT2D eigenvalue weighted by Gasteiger charge is -2.14. The Hall–Kier alpha value is -7.86. The predicted octanol–water partition coefficient (Wildman–Crippen LogP) is 12.4. The second-order valence-corrected chi connectivity index (χ2v) is 14.0. The zero-order chi connectivity index (χ0) is 36.6.